The Hall–Kier alpha value is -3.51. The summed E-state index contributed by atoms with van der Waals surface area (Å²) in [5.41, 5.74) is 7.66. The molecule has 1 aliphatic rings. The Morgan fingerprint density at radius 3 is 2.32 bits per heavy atom. The Kier molecular flexibility index (Phi) is 5.92. The van der Waals surface area contributed by atoms with Crippen LogP contribution in [0.25, 0.3) is 5.69 Å². The number of nitrogens with one attached hydrogen (secondary N) is 1. The highest BCUT2D eigenvalue weighted by molar-refractivity contribution is 7.80. The lowest BCUT2D eigenvalue weighted by Gasteiger charge is -2.28. The van der Waals surface area contributed by atoms with Gasteiger partial charge in [0.15, 0.2) is 5.11 Å². The van der Waals surface area contributed by atoms with Crippen molar-refractivity contribution < 1.29 is 4.39 Å². The third-order valence-electron chi connectivity index (χ3n) is 6.59. The lowest BCUT2D eigenvalue weighted by atomic mass is 9.96. The minimum Gasteiger partial charge on any atom is -0.351 e. The third-order valence-corrected chi connectivity index (χ3v) is 6.91. The Morgan fingerprint density at radius 2 is 1.68 bits per heavy atom. The molecule has 3 heterocycles. The summed E-state index contributed by atoms with van der Waals surface area (Å²) in [5.74, 6) is -0.270. The van der Waals surface area contributed by atoms with Gasteiger partial charge in [-0.15, -0.1) is 0 Å². The van der Waals surface area contributed by atoms with E-state index in [9.17, 15) is 4.39 Å². The highest BCUT2D eigenvalue weighted by Gasteiger charge is 2.42. The first-order valence-corrected chi connectivity index (χ1v) is 11.9. The summed E-state index contributed by atoms with van der Waals surface area (Å²) in [7, 11) is 0. The minimum atomic E-state index is -0.270. The highest BCUT2D eigenvalue weighted by Crippen LogP contribution is 2.43. The van der Waals surface area contributed by atoms with Crippen LogP contribution in [0.1, 0.15) is 47.2 Å². The normalized spacial score (nSPS) is 17.8. The van der Waals surface area contributed by atoms with Crippen LogP contribution >= 0.6 is 12.2 Å². The van der Waals surface area contributed by atoms with Gasteiger partial charge in [0.25, 0.3) is 0 Å². The van der Waals surface area contributed by atoms with E-state index < -0.39 is 0 Å². The summed E-state index contributed by atoms with van der Waals surface area (Å²) >= 11 is 5.80. The summed E-state index contributed by atoms with van der Waals surface area (Å²) in [6.07, 6.45) is 2.81. The number of thiocarbonyl (C=S) groups is 1. The zero-order chi connectivity index (χ0) is 23.8. The van der Waals surface area contributed by atoms with Gasteiger partial charge in [-0.1, -0.05) is 25.1 Å². The van der Waals surface area contributed by atoms with Crippen LogP contribution in [0.5, 0.6) is 0 Å². The summed E-state index contributed by atoms with van der Waals surface area (Å²) in [5, 5.41) is 4.09. The first kappa shape index (κ1) is 22.3. The number of hydrogen-bond donors (Lipinski definition) is 1. The number of aryl methyl sites for hydroxylation is 2. The molecule has 34 heavy (non-hydrogen) atoms. The molecule has 0 spiro atoms. The van der Waals surface area contributed by atoms with Gasteiger partial charge in [0.05, 0.1) is 17.8 Å². The van der Waals surface area contributed by atoms with E-state index in [2.05, 4.69) is 70.9 Å². The predicted molar refractivity (Wildman–Crippen MR) is 139 cm³/mol. The van der Waals surface area contributed by atoms with E-state index in [1.54, 1.807) is 18.3 Å². The fourth-order valence-electron chi connectivity index (χ4n) is 4.92. The van der Waals surface area contributed by atoms with Gasteiger partial charge in [0, 0.05) is 29.0 Å². The molecule has 0 aliphatic carbocycles. The molecular weight excluding hydrogens is 443 g/mol. The average Bonchev–Trinajstić information content (AvgIpc) is 3.35. The molecule has 4 aromatic rings. The first-order valence-electron chi connectivity index (χ1n) is 11.5. The van der Waals surface area contributed by atoms with Crippen molar-refractivity contribution in [2.75, 3.05) is 4.90 Å². The predicted octanol–water partition coefficient (Wildman–Crippen LogP) is 6.37. The topological polar surface area (TPSA) is 33.1 Å². The highest BCUT2D eigenvalue weighted by atomic mass is 32.1. The summed E-state index contributed by atoms with van der Waals surface area (Å²) in [6, 6.07) is 23.1. The number of anilines is 1. The number of halogens is 1. The van der Waals surface area contributed by atoms with Crippen LogP contribution < -0.4 is 10.2 Å². The number of nitrogens with zero attached hydrogens (tertiary/aromatic N) is 3. The molecule has 1 aliphatic heterocycles. The second-order valence-electron chi connectivity index (χ2n) is 8.65. The monoisotopic (exact) mass is 470 g/mol. The van der Waals surface area contributed by atoms with Gasteiger partial charge in [-0.3, -0.25) is 4.98 Å². The molecule has 172 valence electrons. The van der Waals surface area contributed by atoms with Gasteiger partial charge >= 0.3 is 0 Å². The van der Waals surface area contributed by atoms with Gasteiger partial charge in [0.2, 0.25) is 0 Å². The molecule has 0 radical (unpaired) electrons. The Balaban J connectivity index is 1.65. The van der Waals surface area contributed by atoms with Crippen LogP contribution in [0.15, 0.2) is 79.0 Å². The van der Waals surface area contributed by atoms with E-state index in [-0.39, 0.29) is 17.9 Å². The molecule has 0 amide bonds. The van der Waals surface area contributed by atoms with Crippen LogP contribution in [0.4, 0.5) is 10.1 Å². The quantitative estimate of drug-likeness (QED) is 0.344. The number of aromatic nitrogens is 2. The average molecular weight is 471 g/mol. The molecule has 2 aromatic carbocycles. The molecule has 2 aromatic heterocycles. The van der Waals surface area contributed by atoms with Crippen molar-refractivity contribution in [3.05, 3.63) is 113 Å². The fraction of sp³-hybridized carbons (Fsp3) is 0.214. The van der Waals surface area contributed by atoms with Gasteiger partial charge in [-0.25, -0.2) is 4.39 Å². The lowest BCUT2D eigenvalue weighted by molar-refractivity contribution is 0.565. The maximum atomic E-state index is 13.7. The summed E-state index contributed by atoms with van der Waals surface area (Å²) in [4.78, 5) is 6.72. The first-order chi connectivity index (χ1) is 16.5. The molecule has 0 saturated carbocycles. The fourth-order valence-corrected chi connectivity index (χ4v) is 5.26. The van der Waals surface area contributed by atoms with Gasteiger partial charge in [0.1, 0.15) is 5.82 Å². The second-order valence-corrected chi connectivity index (χ2v) is 9.04. The lowest BCUT2D eigenvalue weighted by Crippen LogP contribution is -2.29. The summed E-state index contributed by atoms with van der Waals surface area (Å²) < 4.78 is 16.0. The van der Waals surface area contributed by atoms with Crippen molar-refractivity contribution in [2.24, 2.45) is 0 Å². The number of benzene rings is 2. The van der Waals surface area contributed by atoms with Crippen molar-refractivity contribution in [2.45, 2.75) is 39.3 Å². The number of pyridine rings is 1. The van der Waals surface area contributed by atoms with E-state index in [4.69, 9.17) is 12.2 Å². The maximum Gasteiger partial charge on any atom is 0.174 e. The molecule has 1 fully saturated rings. The molecule has 0 bridgehead atoms. The maximum absolute atomic E-state index is 13.7. The molecule has 6 heteroatoms. The van der Waals surface area contributed by atoms with Crippen LogP contribution in [-0.4, -0.2) is 14.7 Å². The third kappa shape index (κ3) is 3.88. The van der Waals surface area contributed by atoms with E-state index >= 15 is 0 Å². The number of hydrogen-bond acceptors (Lipinski definition) is 2. The second kappa shape index (κ2) is 9.03. The largest absolute Gasteiger partial charge is 0.351 e. The van der Waals surface area contributed by atoms with E-state index in [0.717, 1.165) is 40.4 Å². The smallest absolute Gasteiger partial charge is 0.174 e. The minimum absolute atomic E-state index is 0.136. The molecule has 1 saturated heterocycles. The van der Waals surface area contributed by atoms with Crippen LogP contribution in [-0.2, 0) is 6.42 Å². The SMILES string of the molecule is CCc1ccc(-n2c(C)cc([C@@H]3[C@@H](c4ccccn4)NC(=S)N3c3ccc(F)cc3)c2C)cc1. The Labute approximate surface area is 205 Å². The molecule has 4 nitrogen and oxygen atoms in total. The zero-order valence-corrected chi connectivity index (χ0v) is 20.3. The van der Waals surface area contributed by atoms with E-state index in [0.29, 0.717) is 5.11 Å². The molecule has 5 rings (SSSR count). The van der Waals surface area contributed by atoms with Crippen LogP contribution in [0, 0.1) is 19.7 Å². The van der Waals surface area contributed by atoms with Gasteiger partial charge < -0.3 is 14.8 Å². The molecule has 1 N–H and O–H groups in total. The van der Waals surface area contributed by atoms with Gasteiger partial charge in [-0.2, -0.15) is 0 Å². The van der Waals surface area contributed by atoms with Crippen LogP contribution in [0.2, 0.25) is 0 Å². The van der Waals surface area contributed by atoms with Crippen molar-refractivity contribution >= 4 is 23.0 Å². The van der Waals surface area contributed by atoms with Crippen molar-refractivity contribution in [1.82, 2.24) is 14.9 Å². The van der Waals surface area contributed by atoms with Gasteiger partial charge in [-0.05, 0) is 98.2 Å². The van der Waals surface area contributed by atoms with E-state index in [1.807, 2.05) is 18.2 Å². The zero-order valence-electron chi connectivity index (χ0n) is 19.5. The van der Waals surface area contributed by atoms with E-state index in [1.165, 1.54) is 17.7 Å². The molecule has 2 atom stereocenters. The van der Waals surface area contributed by atoms with Crippen molar-refractivity contribution in [1.29, 1.82) is 0 Å². The molecule has 0 unspecified atom stereocenters. The van der Waals surface area contributed by atoms with Crippen LogP contribution in [0.3, 0.4) is 0 Å². The van der Waals surface area contributed by atoms with Crippen molar-refractivity contribution in [3.8, 4) is 5.69 Å². The standard InChI is InChI=1S/C28H27FN4S/c1-4-20-8-12-22(13-9-20)32-18(2)17-24(19(32)3)27-26(25-7-5-6-16-30-25)31-28(34)33(27)23-14-10-21(29)11-15-23/h5-17,26-27H,4H2,1-3H3,(H,31,34)/t26-,27-/m1/s1. The molecular formula is C28H27FN4S. The Morgan fingerprint density at radius 1 is 0.971 bits per heavy atom. The van der Waals surface area contributed by atoms with Crippen molar-refractivity contribution in [3.63, 3.8) is 0 Å². The Bertz CT molecular complexity index is 1310. The summed E-state index contributed by atoms with van der Waals surface area (Å²) in [6.45, 7) is 6.44. The number of rotatable bonds is 5.